The van der Waals surface area contributed by atoms with Crippen LogP contribution in [0.4, 0.5) is 0 Å². The van der Waals surface area contributed by atoms with Crippen LogP contribution in [0.5, 0.6) is 5.75 Å². The van der Waals surface area contributed by atoms with Crippen LogP contribution in [0, 0.1) is 5.92 Å². The average Bonchev–Trinajstić information content (AvgIpc) is 3.19. The normalized spacial score (nSPS) is 16.8. The van der Waals surface area contributed by atoms with Crippen molar-refractivity contribution in [3.63, 3.8) is 0 Å². The van der Waals surface area contributed by atoms with Crippen molar-refractivity contribution in [2.24, 2.45) is 11.7 Å². The van der Waals surface area contributed by atoms with Crippen LogP contribution in [-0.4, -0.2) is 13.2 Å². The fourth-order valence-corrected chi connectivity index (χ4v) is 2.26. The first-order valence-electron chi connectivity index (χ1n) is 6.68. The number of ether oxygens (including phenoxy) is 1. The van der Waals surface area contributed by atoms with Crippen molar-refractivity contribution in [2.45, 2.75) is 44.6 Å². The van der Waals surface area contributed by atoms with E-state index >= 15 is 0 Å². The summed E-state index contributed by atoms with van der Waals surface area (Å²) >= 11 is 0. The molecule has 1 saturated carbocycles. The van der Waals surface area contributed by atoms with Crippen molar-refractivity contribution in [1.82, 2.24) is 0 Å². The summed E-state index contributed by atoms with van der Waals surface area (Å²) in [5.74, 6) is 1.78. The van der Waals surface area contributed by atoms with Gasteiger partial charge in [0, 0.05) is 6.04 Å². The first-order chi connectivity index (χ1) is 8.29. The molecule has 0 radical (unpaired) electrons. The van der Waals surface area contributed by atoms with Gasteiger partial charge in [0.15, 0.2) is 0 Å². The highest BCUT2D eigenvalue weighted by Crippen LogP contribution is 2.33. The van der Waals surface area contributed by atoms with E-state index in [4.69, 9.17) is 10.5 Å². The molecule has 1 aliphatic rings. The van der Waals surface area contributed by atoms with Gasteiger partial charge in [-0.2, -0.15) is 0 Å². The molecule has 1 fully saturated rings. The molecular formula is C15H23NO. The molecule has 2 heteroatoms. The molecule has 0 heterocycles. The first-order valence-corrected chi connectivity index (χ1v) is 6.68. The summed E-state index contributed by atoms with van der Waals surface area (Å²) in [4.78, 5) is 0. The largest absolute Gasteiger partial charge is 0.497 e. The summed E-state index contributed by atoms with van der Waals surface area (Å²) in [5, 5.41) is 0. The van der Waals surface area contributed by atoms with E-state index in [2.05, 4.69) is 12.1 Å². The van der Waals surface area contributed by atoms with Gasteiger partial charge >= 0.3 is 0 Å². The Kier molecular flexibility index (Phi) is 4.43. The maximum absolute atomic E-state index is 6.08. The molecular weight excluding hydrogens is 210 g/mol. The zero-order chi connectivity index (χ0) is 12.1. The number of unbranched alkanes of at least 4 members (excludes halogenated alkanes) is 1. The predicted octanol–water partition coefficient (Wildman–Crippen LogP) is 3.15. The molecule has 0 spiro atoms. The standard InChI is InChI=1S/C15H23NO/c1-17-14-10-6-12(7-11-14)4-2-3-5-15(16)13-8-9-13/h6-7,10-11,13,15H,2-5,8-9,16H2,1H3. The van der Waals surface area contributed by atoms with Crippen molar-refractivity contribution in [3.8, 4) is 5.75 Å². The molecule has 94 valence electrons. The molecule has 1 unspecified atom stereocenters. The minimum absolute atomic E-state index is 0.464. The molecule has 0 saturated heterocycles. The van der Waals surface area contributed by atoms with Gasteiger partial charge in [-0.3, -0.25) is 0 Å². The van der Waals surface area contributed by atoms with Crippen LogP contribution in [0.1, 0.15) is 37.7 Å². The summed E-state index contributed by atoms with van der Waals surface area (Å²) in [6.45, 7) is 0. The van der Waals surface area contributed by atoms with E-state index in [-0.39, 0.29) is 0 Å². The Hall–Kier alpha value is -1.02. The summed E-state index contributed by atoms with van der Waals surface area (Å²) in [6.07, 6.45) is 7.57. The summed E-state index contributed by atoms with van der Waals surface area (Å²) < 4.78 is 5.14. The van der Waals surface area contributed by atoms with Crippen molar-refractivity contribution in [2.75, 3.05) is 7.11 Å². The molecule has 0 amide bonds. The number of hydrogen-bond acceptors (Lipinski definition) is 2. The van der Waals surface area contributed by atoms with Gasteiger partial charge in [0.05, 0.1) is 7.11 Å². The second-order valence-corrected chi connectivity index (χ2v) is 5.10. The molecule has 1 atom stereocenters. The fraction of sp³-hybridized carbons (Fsp3) is 0.600. The Balaban J connectivity index is 1.63. The summed E-state index contributed by atoms with van der Waals surface area (Å²) in [7, 11) is 1.70. The highest BCUT2D eigenvalue weighted by atomic mass is 16.5. The van der Waals surface area contributed by atoms with E-state index in [0.717, 1.165) is 18.1 Å². The maximum Gasteiger partial charge on any atom is 0.118 e. The van der Waals surface area contributed by atoms with Crippen LogP contribution in [0.25, 0.3) is 0 Å². The van der Waals surface area contributed by atoms with Crippen LogP contribution in [0.3, 0.4) is 0 Å². The van der Waals surface area contributed by atoms with E-state index in [1.54, 1.807) is 7.11 Å². The van der Waals surface area contributed by atoms with Crippen LogP contribution >= 0.6 is 0 Å². The number of rotatable bonds is 7. The van der Waals surface area contributed by atoms with Crippen LogP contribution in [0.15, 0.2) is 24.3 Å². The quantitative estimate of drug-likeness (QED) is 0.734. The van der Waals surface area contributed by atoms with Gasteiger partial charge < -0.3 is 10.5 Å². The number of benzene rings is 1. The van der Waals surface area contributed by atoms with Gasteiger partial charge in [-0.05, 0) is 55.7 Å². The Labute approximate surface area is 104 Å². The lowest BCUT2D eigenvalue weighted by Gasteiger charge is -2.09. The number of nitrogens with two attached hydrogens (primary N) is 1. The highest BCUT2D eigenvalue weighted by Gasteiger charge is 2.27. The Morgan fingerprint density at radius 2 is 1.94 bits per heavy atom. The lowest BCUT2D eigenvalue weighted by atomic mass is 10.0. The highest BCUT2D eigenvalue weighted by molar-refractivity contribution is 5.27. The smallest absolute Gasteiger partial charge is 0.118 e. The van der Waals surface area contributed by atoms with Crippen LogP contribution in [0.2, 0.25) is 0 Å². The Bertz CT molecular complexity index is 329. The maximum atomic E-state index is 6.08. The zero-order valence-corrected chi connectivity index (χ0v) is 10.7. The van der Waals surface area contributed by atoms with Crippen LogP contribution < -0.4 is 10.5 Å². The molecule has 2 rings (SSSR count). The predicted molar refractivity (Wildman–Crippen MR) is 71.2 cm³/mol. The van der Waals surface area contributed by atoms with Crippen molar-refractivity contribution in [1.29, 1.82) is 0 Å². The second kappa shape index (κ2) is 6.06. The SMILES string of the molecule is COc1ccc(CCCCC(N)C2CC2)cc1. The lowest BCUT2D eigenvalue weighted by Crippen LogP contribution is -2.21. The van der Waals surface area contributed by atoms with Crippen molar-refractivity contribution < 1.29 is 4.74 Å². The number of hydrogen-bond donors (Lipinski definition) is 1. The van der Waals surface area contributed by atoms with Gasteiger partial charge in [0.2, 0.25) is 0 Å². The zero-order valence-electron chi connectivity index (χ0n) is 10.7. The van der Waals surface area contributed by atoms with Crippen molar-refractivity contribution in [3.05, 3.63) is 29.8 Å². The minimum Gasteiger partial charge on any atom is -0.497 e. The summed E-state index contributed by atoms with van der Waals surface area (Å²) in [5.41, 5.74) is 7.47. The van der Waals surface area contributed by atoms with E-state index in [0.29, 0.717) is 6.04 Å². The third-order valence-corrected chi connectivity index (χ3v) is 3.64. The lowest BCUT2D eigenvalue weighted by molar-refractivity contribution is 0.414. The van der Waals surface area contributed by atoms with Gasteiger partial charge in [-0.15, -0.1) is 0 Å². The van der Waals surface area contributed by atoms with Gasteiger partial charge in [-0.25, -0.2) is 0 Å². The molecule has 17 heavy (non-hydrogen) atoms. The molecule has 1 aliphatic carbocycles. The molecule has 1 aromatic rings. The molecule has 0 aromatic heterocycles. The third kappa shape index (κ3) is 4.04. The van der Waals surface area contributed by atoms with Crippen molar-refractivity contribution >= 4 is 0 Å². The number of aryl methyl sites for hydroxylation is 1. The Morgan fingerprint density at radius 1 is 1.24 bits per heavy atom. The Morgan fingerprint density at radius 3 is 2.53 bits per heavy atom. The molecule has 2 N–H and O–H groups in total. The topological polar surface area (TPSA) is 35.2 Å². The summed E-state index contributed by atoms with van der Waals surface area (Å²) in [6, 6.07) is 8.83. The van der Waals surface area contributed by atoms with E-state index in [1.165, 1.54) is 37.7 Å². The first kappa shape index (κ1) is 12.4. The van der Waals surface area contributed by atoms with Crippen LogP contribution in [-0.2, 0) is 6.42 Å². The number of methoxy groups -OCH3 is 1. The van der Waals surface area contributed by atoms with E-state index < -0.39 is 0 Å². The fourth-order valence-electron chi connectivity index (χ4n) is 2.26. The molecule has 0 aliphatic heterocycles. The van der Waals surface area contributed by atoms with Gasteiger partial charge in [0.1, 0.15) is 5.75 Å². The van der Waals surface area contributed by atoms with E-state index in [9.17, 15) is 0 Å². The molecule has 0 bridgehead atoms. The second-order valence-electron chi connectivity index (χ2n) is 5.10. The monoisotopic (exact) mass is 233 g/mol. The third-order valence-electron chi connectivity index (χ3n) is 3.64. The molecule has 1 aromatic carbocycles. The van der Waals surface area contributed by atoms with Gasteiger partial charge in [0.25, 0.3) is 0 Å². The molecule has 2 nitrogen and oxygen atoms in total. The van der Waals surface area contributed by atoms with Gasteiger partial charge in [-0.1, -0.05) is 18.6 Å². The minimum atomic E-state index is 0.464. The average molecular weight is 233 g/mol. The van der Waals surface area contributed by atoms with E-state index in [1.807, 2.05) is 12.1 Å².